The Bertz CT molecular complexity index is 296. The summed E-state index contributed by atoms with van der Waals surface area (Å²) in [4.78, 5) is 5.61. The average Bonchev–Trinajstić information content (AvgIpc) is 2.49. The van der Waals surface area contributed by atoms with E-state index in [0.717, 1.165) is 23.9 Å². The molecule has 3 aliphatic rings. The van der Waals surface area contributed by atoms with Gasteiger partial charge in [-0.25, -0.2) is 0 Å². The van der Waals surface area contributed by atoms with Crippen LogP contribution in [-0.2, 0) is 0 Å². The van der Waals surface area contributed by atoms with Crippen LogP contribution in [-0.4, -0.2) is 48.1 Å². The second-order valence-corrected chi connectivity index (χ2v) is 7.74. The molecule has 0 aromatic heterocycles. The van der Waals surface area contributed by atoms with Crippen molar-refractivity contribution < 1.29 is 0 Å². The van der Waals surface area contributed by atoms with Gasteiger partial charge in [0.15, 0.2) is 0 Å². The molecule has 1 saturated carbocycles. The first-order valence-electron chi connectivity index (χ1n) is 9.24. The molecule has 0 aromatic carbocycles. The summed E-state index contributed by atoms with van der Waals surface area (Å²) >= 11 is 0. The Kier molecular flexibility index (Phi) is 5.04. The molecular formula is C18H34N2. The number of piperidine rings is 1. The van der Waals surface area contributed by atoms with Crippen LogP contribution in [0.5, 0.6) is 0 Å². The van der Waals surface area contributed by atoms with Crippen LogP contribution in [0.1, 0.15) is 65.2 Å². The highest BCUT2D eigenvalue weighted by atomic mass is 15.3. The first-order valence-corrected chi connectivity index (χ1v) is 9.24. The van der Waals surface area contributed by atoms with Crippen LogP contribution in [0.4, 0.5) is 0 Å². The highest BCUT2D eigenvalue weighted by Gasteiger charge is 2.34. The molecule has 0 aromatic rings. The maximum absolute atomic E-state index is 2.84. The van der Waals surface area contributed by atoms with Crippen LogP contribution in [0, 0.1) is 11.8 Å². The second kappa shape index (κ2) is 6.79. The minimum atomic E-state index is 0.785. The lowest BCUT2D eigenvalue weighted by atomic mass is 9.80. The quantitative estimate of drug-likeness (QED) is 0.775. The van der Waals surface area contributed by atoms with Crippen molar-refractivity contribution in [2.45, 2.75) is 77.3 Å². The third kappa shape index (κ3) is 3.39. The summed E-state index contributed by atoms with van der Waals surface area (Å²) in [6.07, 6.45) is 11.7. The Labute approximate surface area is 125 Å². The molecule has 2 saturated heterocycles. The normalized spacial score (nSPS) is 40.5. The second-order valence-electron chi connectivity index (χ2n) is 7.74. The van der Waals surface area contributed by atoms with E-state index in [9.17, 15) is 0 Å². The van der Waals surface area contributed by atoms with Crippen molar-refractivity contribution in [3.63, 3.8) is 0 Å². The third-order valence-corrected chi connectivity index (χ3v) is 6.35. The maximum atomic E-state index is 2.84. The highest BCUT2D eigenvalue weighted by Crippen LogP contribution is 2.32. The van der Waals surface area contributed by atoms with Crippen molar-refractivity contribution in [2.24, 2.45) is 11.8 Å². The van der Waals surface area contributed by atoms with Gasteiger partial charge in [-0.05, 0) is 51.0 Å². The van der Waals surface area contributed by atoms with E-state index in [1.54, 1.807) is 0 Å². The Balaban J connectivity index is 1.49. The van der Waals surface area contributed by atoms with E-state index in [2.05, 4.69) is 23.6 Å². The highest BCUT2D eigenvalue weighted by molar-refractivity contribution is 4.90. The maximum Gasteiger partial charge on any atom is 0.0223 e. The van der Waals surface area contributed by atoms with Gasteiger partial charge < -0.3 is 0 Å². The van der Waals surface area contributed by atoms with Crippen LogP contribution in [0.2, 0.25) is 0 Å². The monoisotopic (exact) mass is 278 g/mol. The van der Waals surface area contributed by atoms with Crippen molar-refractivity contribution >= 4 is 0 Å². The zero-order valence-corrected chi connectivity index (χ0v) is 13.7. The fourth-order valence-corrected chi connectivity index (χ4v) is 4.82. The summed E-state index contributed by atoms with van der Waals surface area (Å²) in [5.41, 5.74) is 0. The summed E-state index contributed by atoms with van der Waals surface area (Å²) in [7, 11) is 0. The van der Waals surface area contributed by atoms with E-state index in [1.807, 2.05) is 0 Å². The Hall–Kier alpha value is -0.0800. The van der Waals surface area contributed by atoms with Crippen molar-refractivity contribution in [2.75, 3.05) is 26.2 Å². The molecular weight excluding hydrogens is 244 g/mol. The predicted octanol–water partition coefficient (Wildman–Crippen LogP) is 3.76. The summed E-state index contributed by atoms with van der Waals surface area (Å²) in [6.45, 7) is 10.3. The molecule has 20 heavy (non-hydrogen) atoms. The summed E-state index contributed by atoms with van der Waals surface area (Å²) in [5.74, 6) is 2.04. The fraction of sp³-hybridized carbons (Fsp3) is 1.00. The number of nitrogens with zero attached hydrogens (tertiary/aromatic N) is 2. The first-order chi connectivity index (χ1) is 9.76. The van der Waals surface area contributed by atoms with Gasteiger partial charge in [-0.1, -0.05) is 32.6 Å². The van der Waals surface area contributed by atoms with Crippen LogP contribution in [0.15, 0.2) is 0 Å². The van der Waals surface area contributed by atoms with Crippen LogP contribution < -0.4 is 0 Å². The number of hydrogen-bond acceptors (Lipinski definition) is 2. The molecule has 3 rings (SSSR count). The van der Waals surface area contributed by atoms with Crippen LogP contribution >= 0.6 is 0 Å². The van der Waals surface area contributed by atoms with Gasteiger partial charge in [0.05, 0.1) is 0 Å². The first kappa shape index (κ1) is 14.8. The van der Waals surface area contributed by atoms with Gasteiger partial charge in [0.2, 0.25) is 0 Å². The van der Waals surface area contributed by atoms with Crippen molar-refractivity contribution in [3.8, 4) is 0 Å². The van der Waals surface area contributed by atoms with Gasteiger partial charge >= 0.3 is 0 Å². The fourth-order valence-electron chi connectivity index (χ4n) is 4.82. The minimum Gasteiger partial charge on any atom is -0.298 e. The van der Waals surface area contributed by atoms with Crippen LogP contribution in [0.25, 0.3) is 0 Å². The van der Waals surface area contributed by atoms with Gasteiger partial charge in [-0.2, -0.15) is 0 Å². The van der Waals surface area contributed by atoms with Gasteiger partial charge in [-0.15, -0.1) is 0 Å². The summed E-state index contributed by atoms with van der Waals surface area (Å²) in [5, 5.41) is 0. The molecule has 1 aliphatic carbocycles. The van der Waals surface area contributed by atoms with Gasteiger partial charge in [0, 0.05) is 31.7 Å². The molecule has 116 valence electrons. The van der Waals surface area contributed by atoms with Gasteiger partial charge in [0.25, 0.3) is 0 Å². The molecule has 2 nitrogen and oxygen atoms in total. The van der Waals surface area contributed by atoms with E-state index < -0.39 is 0 Å². The third-order valence-electron chi connectivity index (χ3n) is 6.35. The Morgan fingerprint density at radius 3 is 2.40 bits per heavy atom. The van der Waals surface area contributed by atoms with Crippen molar-refractivity contribution in [1.82, 2.24) is 9.80 Å². The van der Waals surface area contributed by atoms with Crippen molar-refractivity contribution in [3.05, 3.63) is 0 Å². The topological polar surface area (TPSA) is 6.48 Å². The lowest BCUT2D eigenvalue weighted by Gasteiger charge is -2.48. The van der Waals surface area contributed by atoms with Crippen molar-refractivity contribution in [1.29, 1.82) is 0 Å². The molecule has 2 atom stereocenters. The van der Waals surface area contributed by atoms with Gasteiger partial charge in [0.1, 0.15) is 0 Å². The number of hydrogen-bond donors (Lipinski definition) is 0. The molecule has 0 bridgehead atoms. The van der Waals surface area contributed by atoms with E-state index in [0.29, 0.717) is 0 Å². The largest absolute Gasteiger partial charge is 0.298 e. The van der Waals surface area contributed by atoms with E-state index in [4.69, 9.17) is 0 Å². The number of fused-ring (bicyclic) bond motifs is 1. The molecule has 2 heterocycles. The number of rotatable bonds is 3. The van der Waals surface area contributed by atoms with E-state index in [1.165, 1.54) is 77.5 Å². The Morgan fingerprint density at radius 1 is 0.900 bits per heavy atom. The van der Waals surface area contributed by atoms with Crippen LogP contribution in [0.3, 0.4) is 0 Å². The number of piperazine rings is 1. The molecule has 0 spiro atoms. The average molecular weight is 278 g/mol. The molecule has 0 amide bonds. The lowest BCUT2D eigenvalue weighted by molar-refractivity contribution is 0.00363. The smallest absolute Gasteiger partial charge is 0.0223 e. The standard InChI is InChI=1S/C18H34N2/c1-3-16-7-9-17(10-8-16)13-20-14-18-6-4-5-11-19(18)12-15(20)2/h15-18H,3-14H2,1-2H3. The van der Waals surface area contributed by atoms with E-state index in [-0.39, 0.29) is 0 Å². The molecule has 0 radical (unpaired) electrons. The molecule has 2 unspecified atom stereocenters. The Morgan fingerprint density at radius 2 is 1.65 bits per heavy atom. The molecule has 2 aliphatic heterocycles. The molecule has 0 N–H and O–H groups in total. The van der Waals surface area contributed by atoms with Gasteiger partial charge in [-0.3, -0.25) is 9.80 Å². The van der Waals surface area contributed by atoms with E-state index >= 15 is 0 Å². The summed E-state index contributed by atoms with van der Waals surface area (Å²) < 4.78 is 0. The predicted molar refractivity (Wildman–Crippen MR) is 86.0 cm³/mol. The summed E-state index contributed by atoms with van der Waals surface area (Å²) in [6, 6.07) is 1.67. The SMILES string of the molecule is CCC1CCC(CN2CC3CCCCN3CC2C)CC1. The molecule has 2 heteroatoms. The zero-order valence-electron chi connectivity index (χ0n) is 13.7. The molecule has 3 fully saturated rings. The lowest BCUT2D eigenvalue weighted by Crippen LogP contribution is -2.59. The zero-order chi connectivity index (χ0) is 13.9. The minimum absolute atomic E-state index is 0.785.